The fourth-order valence-electron chi connectivity index (χ4n) is 2.68. The van der Waals surface area contributed by atoms with Crippen molar-refractivity contribution in [2.45, 2.75) is 25.3 Å². The summed E-state index contributed by atoms with van der Waals surface area (Å²) in [5.74, 6) is 1.31. The third-order valence-electron chi connectivity index (χ3n) is 3.61. The van der Waals surface area contributed by atoms with Crippen LogP contribution >= 0.6 is 0 Å². The van der Waals surface area contributed by atoms with Gasteiger partial charge in [0.05, 0.1) is 11.5 Å². The topological polar surface area (TPSA) is 63.4 Å². The molecule has 2 atom stereocenters. The normalized spacial score (nSPS) is 36.9. The molecule has 0 bridgehead atoms. The zero-order valence-corrected chi connectivity index (χ0v) is 9.88. The predicted octanol–water partition coefficient (Wildman–Crippen LogP) is -0.156. The van der Waals surface area contributed by atoms with Crippen molar-refractivity contribution >= 4 is 9.84 Å². The van der Waals surface area contributed by atoms with Crippen LogP contribution in [0.3, 0.4) is 0 Å². The van der Waals surface area contributed by atoms with Crippen LogP contribution in [0.15, 0.2) is 0 Å². The van der Waals surface area contributed by atoms with Crippen molar-refractivity contribution in [2.24, 2.45) is 11.7 Å². The second kappa shape index (κ2) is 4.39. The lowest BCUT2D eigenvalue weighted by Gasteiger charge is -2.35. The molecule has 2 heterocycles. The molecule has 0 spiro atoms. The molecular formula is C10H20N2O2S. The Morgan fingerprint density at radius 1 is 1.33 bits per heavy atom. The Kier molecular flexibility index (Phi) is 3.33. The number of nitrogens with zero attached hydrogens (tertiary/aromatic N) is 1. The van der Waals surface area contributed by atoms with Crippen molar-refractivity contribution < 1.29 is 8.42 Å². The molecule has 2 N–H and O–H groups in total. The second-order valence-electron chi connectivity index (χ2n) is 4.80. The maximum absolute atomic E-state index is 11.4. The van der Waals surface area contributed by atoms with Crippen LogP contribution in [0.2, 0.25) is 0 Å². The molecule has 2 aliphatic rings. The highest BCUT2D eigenvalue weighted by molar-refractivity contribution is 7.91. The van der Waals surface area contributed by atoms with Gasteiger partial charge in [-0.25, -0.2) is 8.42 Å². The van der Waals surface area contributed by atoms with E-state index in [1.165, 1.54) is 12.8 Å². The molecule has 2 aliphatic heterocycles. The van der Waals surface area contributed by atoms with Gasteiger partial charge in [-0.05, 0) is 38.3 Å². The minimum atomic E-state index is -2.74. The Balaban J connectivity index is 1.94. The number of hydrogen-bond donors (Lipinski definition) is 1. The monoisotopic (exact) mass is 232 g/mol. The molecule has 88 valence electrons. The van der Waals surface area contributed by atoms with Crippen molar-refractivity contribution in [1.82, 2.24) is 4.90 Å². The zero-order chi connectivity index (χ0) is 10.9. The van der Waals surface area contributed by atoms with Crippen molar-refractivity contribution in [1.29, 1.82) is 0 Å². The molecule has 0 amide bonds. The van der Waals surface area contributed by atoms with Gasteiger partial charge in [0.15, 0.2) is 9.84 Å². The van der Waals surface area contributed by atoms with Crippen LogP contribution in [0.25, 0.3) is 0 Å². The molecule has 0 aromatic carbocycles. The van der Waals surface area contributed by atoms with Gasteiger partial charge in [-0.1, -0.05) is 0 Å². The smallest absolute Gasteiger partial charge is 0.151 e. The van der Waals surface area contributed by atoms with Crippen LogP contribution < -0.4 is 5.73 Å². The standard InChI is InChI=1S/C10H20N2O2S/c11-6-9-2-1-4-12(7-9)10-3-5-15(13,14)8-10/h9-10H,1-8,11H2/t9-,10+/m0/s1. The van der Waals surface area contributed by atoms with Crippen molar-refractivity contribution in [3.63, 3.8) is 0 Å². The Morgan fingerprint density at radius 2 is 2.13 bits per heavy atom. The van der Waals surface area contributed by atoms with Gasteiger partial charge in [0.1, 0.15) is 0 Å². The van der Waals surface area contributed by atoms with E-state index in [9.17, 15) is 8.42 Å². The molecule has 2 fully saturated rings. The van der Waals surface area contributed by atoms with Crippen molar-refractivity contribution in [2.75, 3.05) is 31.1 Å². The molecule has 15 heavy (non-hydrogen) atoms. The molecule has 2 saturated heterocycles. The molecule has 0 aromatic heterocycles. The Hall–Kier alpha value is -0.130. The summed E-state index contributed by atoms with van der Waals surface area (Å²) in [4.78, 5) is 2.34. The van der Waals surface area contributed by atoms with E-state index >= 15 is 0 Å². The number of piperidine rings is 1. The molecule has 0 unspecified atom stereocenters. The van der Waals surface area contributed by atoms with Gasteiger partial charge in [0.2, 0.25) is 0 Å². The number of likely N-dealkylation sites (tertiary alicyclic amines) is 1. The first kappa shape index (κ1) is 11.4. The van der Waals surface area contributed by atoms with E-state index in [1.807, 2.05) is 0 Å². The van der Waals surface area contributed by atoms with Gasteiger partial charge in [-0.15, -0.1) is 0 Å². The summed E-state index contributed by atoms with van der Waals surface area (Å²) in [6.07, 6.45) is 3.19. The van der Waals surface area contributed by atoms with Crippen LogP contribution in [0.4, 0.5) is 0 Å². The molecule has 0 aromatic rings. The first-order chi connectivity index (χ1) is 7.11. The summed E-state index contributed by atoms with van der Waals surface area (Å²) in [7, 11) is -2.74. The van der Waals surface area contributed by atoms with E-state index < -0.39 is 9.84 Å². The zero-order valence-electron chi connectivity index (χ0n) is 9.06. The highest BCUT2D eigenvalue weighted by Crippen LogP contribution is 2.23. The first-order valence-electron chi connectivity index (χ1n) is 5.75. The lowest BCUT2D eigenvalue weighted by atomic mass is 9.97. The number of rotatable bonds is 2. The SMILES string of the molecule is NC[C@@H]1CCCN([C@@H]2CCS(=O)(=O)C2)C1. The Bertz CT molecular complexity index is 315. The highest BCUT2D eigenvalue weighted by atomic mass is 32.2. The summed E-state index contributed by atoms with van der Waals surface area (Å²) >= 11 is 0. The average molecular weight is 232 g/mol. The van der Waals surface area contributed by atoms with Gasteiger partial charge in [0.25, 0.3) is 0 Å². The molecule has 4 nitrogen and oxygen atoms in total. The van der Waals surface area contributed by atoms with Gasteiger partial charge >= 0.3 is 0 Å². The van der Waals surface area contributed by atoms with Gasteiger partial charge in [0, 0.05) is 12.6 Å². The van der Waals surface area contributed by atoms with Crippen LogP contribution in [0.5, 0.6) is 0 Å². The summed E-state index contributed by atoms with van der Waals surface area (Å²) < 4.78 is 22.8. The summed E-state index contributed by atoms with van der Waals surface area (Å²) in [6, 6.07) is 0.268. The first-order valence-corrected chi connectivity index (χ1v) is 7.57. The quantitative estimate of drug-likeness (QED) is 0.719. The van der Waals surface area contributed by atoms with Crippen LogP contribution in [-0.2, 0) is 9.84 Å². The molecule has 0 saturated carbocycles. The van der Waals surface area contributed by atoms with E-state index in [0.29, 0.717) is 17.4 Å². The molecular weight excluding hydrogens is 212 g/mol. The second-order valence-corrected chi connectivity index (χ2v) is 7.02. The maximum Gasteiger partial charge on any atom is 0.151 e. The van der Waals surface area contributed by atoms with Gasteiger partial charge < -0.3 is 5.73 Å². The van der Waals surface area contributed by atoms with Crippen LogP contribution in [0.1, 0.15) is 19.3 Å². The molecule has 2 rings (SSSR count). The summed E-state index contributed by atoms with van der Waals surface area (Å²) in [5, 5.41) is 0. The minimum absolute atomic E-state index is 0.268. The molecule has 5 heteroatoms. The van der Waals surface area contributed by atoms with Gasteiger partial charge in [-0.3, -0.25) is 4.90 Å². The van der Waals surface area contributed by atoms with E-state index in [4.69, 9.17) is 5.73 Å². The Labute approximate surface area is 91.7 Å². The molecule has 0 radical (unpaired) electrons. The molecule has 0 aliphatic carbocycles. The average Bonchev–Trinajstić information content (AvgIpc) is 2.59. The van der Waals surface area contributed by atoms with E-state index in [0.717, 1.165) is 26.1 Å². The summed E-state index contributed by atoms with van der Waals surface area (Å²) in [5.41, 5.74) is 5.67. The van der Waals surface area contributed by atoms with Gasteiger partial charge in [-0.2, -0.15) is 0 Å². The number of hydrogen-bond acceptors (Lipinski definition) is 4. The predicted molar refractivity (Wildman–Crippen MR) is 60.4 cm³/mol. The van der Waals surface area contributed by atoms with E-state index in [2.05, 4.69) is 4.90 Å². The largest absolute Gasteiger partial charge is 0.330 e. The van der Waals surface area contributed by atoms with Crippen molar-refractivity contribution in [3.05, 3.63) is 0 Å². The fraction of sp³-hybridized carbons (Fsp3) is 1.00. The fourth-order valence-corrected chi connectivity index (χ4v) is 4.45. The van der Waals surface area contributed by atoms with Crippen LogP contribution in [-0.4, -0.2) is 50.5 Å². The lowest BCUT2D eigenvalue weighted by Crippen LogP contribution is -2.44. The highest BCUT2D eigenvalue weighted by Gasteiger charge is 2.34. The van der Waals surface area contributed by atoms with Crippen LogP contribution in [0, 0.1) is 5.92 Å². The lowest BCUT2D eigenvalue weighted by molar-refractivity contribution is 0.137. The van der Waals surface area contributed by atoms with E-state index in [-0.39, 0.29) is 6.04 Å². The van der Waals surface area contributed by atoms with E-state index in [1.54, 1.807) is 0 Å². The third kappa shape index (κ3) is 2.71. The summed E-state index contributed by atoms with van der Waals surface area (Å²) in [6.45, 7) is 2.78. The maximum atomic E-state index is 11.4. The number of sulfone groups is 1. The number of nitrogens with two attached hydrogens (primary N) is 1. The Morgan fingerprint density at radius 3 is 2.73 bits per heavy atom. The minimum Gasteiger partial charge on any atom is -0.330 e. The van der Waals surface area contributed by atoms with Crippen molar-refractivity contribution in [3.8, 4) is 0 Å². The third-order valence-corrected chi connectivity index (χ3v) is 5.36.